The van der Waals surface area contributed by atoms with Gasteiger partial charge in [0.15, 0.2) is 0 Å². The molecule has 0 atom stereocenters. The van der Waals surface area contributed by atoms with Gasteiger partial charge in [-0.1, -0.05) is 43.4 Å². The van der Waals surface area contributed by atoms with Crippen LogP contribution in [-0.2, 0) is 0 Å². The summed E-state index contributed by atoms with van der Waals surface area (Å²) in [5, 5.41) is 7.62. The average molecular weight is 402 g/mol. The van der Waals surface area contributed by atoms with Gasteiger partial charge >= 0.3 is 0 Å². The molecule has 1 heterocycles. The lowest BCUT2D eigenvalue weighted by atomic mass is 10.2. The lowest BCUT2D eigenvalue weighted by Crippen LogP contribution is -2.05. The monoisotopic (exact) mass is 401 g/mol. The van der Waals surface area contributed by atoms with E-state index in [-0.39, 0.29) is 6.10 Å². The molecule has 1 aromatic heterocycles. The maximum absolute atomic E-state index is 6.26. The Balaban J connectivity index is 0.000000640. The Labute approximate surface area is 172 Å². The quantitative estimate of drug-likeness (QED) is 0.498. The van der Waals surface area contributed by atoms with Crippen molar-refractivity contribution in [2.45, 2.75) is 46.6 Å². The molecule has 3 rings (SSSR count). The van der Waals surface area contributed by atoms with Gasteiger partial charge in [0.2, 0.25) is 5.82 Å². The molecular weight excluding hydrogens is 374 g/mol. The first-order valence-corrected chi connectivity index (χ1v) is 9.94. The smallest absolute Gasteiger partial charge is 0.258 e. The number of halogens is 1. The number of nitrogens with zero attached hydrogens (tertiary/aromatic N) is 2. The van der Waals surface area contributed by atoms with Gasteiger partial charge in [0.05, 0.1) is 11.1 Å². The zero-order chi connectivity index (χ0) is 20.5. The molecule has 0 radical (unpaired) electrons. The number of anilines is 1. The highest BCUT2D eigenvalue weighted by Gasteiger charge is 2.13. The number of benzene rings is 2. The van der Waals surface area contributed by atoms with Crippen LogP contribution < -0.4 is 10.1 Å². The predicted molar refractivity (Wildman–Crippen MR) is 116 cm³/mol. The van der Waals surface area contributed by atoms with E-state index in [4.69, 9.17) is 20.9 Å². The summed E-state index contributed by atoms with van der Waals surface area (Å²) in [6.07, 6.45) is 2.70. The Kier molecular flexibility index (Phi) is 8.33. The van der Waals surface area contributed by atoms with Crippen molar-refractivity contribution in [1.82, 2.24) is 10.1 Å². The molecule has 0 amide bonds. The van der Waals surface area contributed by atoms with Crippen molar-refractivity contribution in [1.29, 1.82) is 0 Å². The number of rotatable bonds is 6. The van der Waals surface area contributed by atoms with Gasteiger partial charge in [-0.3, -0.25) is 0 Å². The van der Waals surface area contributed by atoms with Gasteiger partial charge in [0.1, 0.15) is 5.75 Å². The third-order valence-corrected chi connectivity index (χ3v) is 4.19. The van der Waals surface area contributed by atoms with Gasteiger partial charge in [0, 0.05) is 23.9 Å². The first-order chi connectivity index (χ1) is 13.5. The topological polar surface area (TPSA) is 60.2 Å². The van der Waals surface area contributed by atoms with E-state index in [1.54, 1.807) is 6.07 Å². The molecule has 150 valence electrons. The molecule has 1 N–H and O–H groups in total. The molecule has 0 fully saturated rings. The molecule has 0 saturated heterocycles. The summed E-state index contributed by atoms with van der Waals surface area (Å²) in [7, 11) is 1.87. The van der Waals surface area contributed by atoms with Crippen molar-refractivity contribution >= 4 is 17.3 Å². The highest BCUT2D eigenvalue weighted by atomic mass is 35.5. The first-order valence-electron chi connectivity index (χ1n) is 9.56. The summed E-state index contributed by atoms with van der Waals surface area (Å²) in [6.45, 7) is 8.27. The van der Waals surface area contributed by atoms with Crippen LogP contribution in [-0.4, -0.2) is 23.3 Å². The van der Waals surface area contributed by atoms with Crippen molar-refractivity contribution in [2.24, 2.45) is 0 Å². The zero-order valence-corrected chi connectivity index (χ0v) is 17.9. The largest absolute Gasteiger partial charge is 0.489 e. The van der Waals surface area contributed by atoms with E-state index < -0.39 is 0 Å². The Bertz CT molecular complexity index is 858. The van der Waals surface area contributed by atoms with Crippen LogP contribution in [0.5, 0.6) is 5.75 Å². The molecule has 0 unspecified atom stereocenters. The van der Waals surface area contributed by atoms with E-state index in [2.05, 4.69) is 29.3 Å². The number of nitrogens with one attached hydrogen (secondary N) is 1. The normalized spacial score (nSPS) is 10.4. The fourth-order valence-corrected chi connectivity index (χ4v) is 2.45. The summed E-state index contributed by atoms with van der Waals surface area (Å²) >= 11 is 6.26. The molecule has 3 aromatic rings. The molecule has 2 aromatic carbocycles. The third kappa shape index (κ3) is 5.99. The molecule has 5 nitrogen and oxygen atoms in total. The van der Waals surface area contributed by atoms with E-state index in [0.29, 0.717) is 22.5 Å². The van der Waals surface area contributed by atoms with E-state index in [1.807, 2.05) is 57.3 Å². The SMILES string of the molecule is CCCC.CNc1ccc(-c2nc(-c3ccc(OC(C)C)c(Cl)c3)no2)cc1. The number of hydrogen-bond donors (Lipinski definition) is 1. The lowest BCUT2D eigenvalue weighted by molar-refractivity contribution is 0.242. The van der Waals surface area contributed by atoms with Crippen LogP contribution in [0.25, 0.3) is 22.8 Å². The van der Waals surface area contributed by atoms with Gasteiger partial charge in [-0.05, 0) is 56.3 Å². The summed E-state index contributed by atoms with van der Waals surface area (Å²) in [5.74, 6) is 1.59. The van der Waals surface area contributed by atoms with Crippen molar-refractivity contribution in [3.63, 3.8) is 0 Å². The van der Waals surface area contributed by atoms with Crippen molar-refractivity contribution in [3.05, 3.63) is 47.5 Å². The van der Waals surface area contributed by atoms with E-state index >= 15 is 0 Å². The van der Waals surface area contributed by atoms with Crippen LogP contribution >= 0.6 is 11.6 Å². The van der Waals surface area contributed by atoms with Crippen LogP contribution in [0, 0.1) is 0 Å². The fraction of sp³-hybridized carbons (Fsp3) is 0.364. The average Bonchev–Trinajstić information content (AvgIpc) is 3.19. The second-order valence-electron chi connectivity index (χ2n) is 6.56. The van der Waals surface area contributed by atoms with E-state index in [9.17, 15) is 0 Å². The summed E-state index contributed by atoms with van der Waals surface area (Å²) in [6, 6.07) is 13.2. The zero-order valence-electron chi connectivity index (χ0n) is 17.1. The van der Waals surface area contributed by atoms with Crippen molar-refractivity contribution in [2.75, 3.05) is 12.4 Å². The Morgan fingerprint density at radius 2 is 1.68 bits per heavy atom. The summed E-state index contributed by atoms with van der Waals surface area (Å²) in [5.41, 5.74) is 2.66. The predicted octanol–water partition coefficient (Wildman–Crippen LogP) is 6.69. The maximum Gasteiger partial charge on any atom is 0.258 e. The van der Waals surface area contributed by atoms with Gasteiger partial charge < -0.3 is 14.6 Å². The highest BCUT2D eigenvalue weighted by Crippen LogP contribution is 2.31. The summed E-state index contributed by atoms with van der Waals surface area (Å²) < 4.78 is 11.0. The van der Waals surface area contributed by atoms with Crippen molar-refractivity contribution in [3.8, 4) is 28.6 Å². The van der Waals surface area contributed by atoms with Gasteiger partial charge in [-0.15, -0.1) is 0 Å². The molecule has 28 heavy (non-hydrogen) atoms. The molecular formula is C22H28ClN3O2. The molecule has 6 heteroatoms. The van der Waals surface area contributed by atoms with Crippen LogP contribution in [0.2, 0.25) is 5.02 Å². The maximum atomic E-state index is 6.26. The Morgan fingerprint density at radius 1 is 1.04 bits per heavy atom. The van der Waals surface area contributed by atoms with Crippen molar-refractivity contribution < 1.29 is 9.26 Å². The van der Waals surface area contributed by atoms with Crippen LogP contribution in [0.1, 0.15) is 40.5 Å². The fourth-order valence-electron chi connectivity index (χ4n) is 2.23. The highest BCUT2D eigenvalue weighted by molar-refractivity contribution is 6.32. The second-order valence-corrected chi connectivity index (χ2v) is 6.97. The number of ether oxygens (including phenoxy) is 1. The molecule has 0 aliphatic carbocycles. The Morgan fingerprint density at radius 3 is 2.21 bits per heavy atom. The first kappa shape index (κ1) is 21.8. The third-order valence-electron chi connectivity index (χ3n) is 3.90. The molecule has 0 aliphatic rings. The lowest BCUT2D eigenvalue weighted by Gasteiger charge is -2.11. The molecule has 0 aliphatic heterocycles. The van der Waals surface area contributed by atoms with Crippen LogP contribution in [0.3, 0.4) is 0 Å². The van der Waals surface area contributed by atoms with E-state index in [1.165, 1.54) is 12.8 Å². The summed E-state index contributed by atoms with van der Waals surface area (Å²) in [4.78, 5) is 4.44. The van der Waals surface area contributed by atoms with Crippen LogP contribution in [0.15, 0.2) is 47.0 Å². The minimum Gasteiger partial charge on any atom is -0.489 e. The standard InChI is InChI=1S/C18H18ClN3O2.C4H10/c1-11(2)23-16-9-6-13(10-15(16)19)17-21-18(24-22-17)12-4-7-14(20-3)8-5-12;1-3-4-2/h4-11,20H,1-3H3;3-4H2,1-2H3. The Hall–Kier alpha value is -2.53. The molecule has 0 saturated carbocycles. The number of unbranched alkanes of at least 4 members (excludes halogenated alkanes) is 1. The van der Waals surface area contributed by atoms with Gasteiger partial charge in [-0.25, -0.2) is 0 Å². The molecule has 0 spiro atoms. The number of aromatic nitrogens is 2. The van der Waals surface area contributed by atoms with E-state index in [0.717, 1.165) is 16.8 Å². The van der Waals surface area contributed by atoms with Crippen LogP contribution in [0.4, 0.5) is 5.69 Å². The molecule has 0 bridgehead atoms. The minimum absolute atomic E-state index is 0.0608. The van der Waals surface area contributed by atoms with Gasteiger partial charge in [-0.2, -0.15) is 4.98 Å². The second kappa shape index (κ2) is 10.7. The number of hydrogen-bond acceptors (Lipinski definition) is 5. The minimum atomic E-state index is 0.0608. The van der Waals surface area contributed by atoms with Gasteiger partial charge in [0.25, 0.3) is 5.89 Å².